The minimum atomic E-state index is 0.409. The number of nitrogens with two attached hydrogens (primary N) is 1. The molecular weight excluding hydrogens is 244 g/mol. The van der Waals surface area contributed by atoms with Gasteiger partial charge in [0.25, 0.3) is 0 Å². The molecule has 1 saturated heterocycles. The maximum Gasteiger partial charge on any atom is 0.0446 e. The molecule has 1 fully saturated rings. The Morgan fingerprint density at radius 3 is 2.55 bits per heavy atom. The Balaban J connectivity index is 2.08. The van der Waals surface area contributed by atoms with E-state index >= 15 is 0 Å². The van der Waals surface area contributed by atoms with E-state index < -0.39 is 0 Å². The number of hydrogen-bond donors (Lipinski definition) is 1. The normalized spacial score (nSPS) is 18.4. The second-order valence-corrected chi connectivity index (χ2v) is 6.68. The lowest BCUT2D eigenvalue weighted by Crippen LogP contribution is -2.40. The van der Waals surface area contributed by atoms with Crippen molar-refractivity contribution in [1.82, 2.24) is 0 Å². The van der Waals surface area contributed by atoms with Crippen LogP contribution in [0.2, 0.25) is 0 Å². The average molecular weight is 268 g/mol. The molecule has 3 rings (SSSR count). The van der Waals surface area contributed by atoms with Crippen molar-refractivity contribution < 1.29 is 0 Å². The molecule has 2 aromatic rings. The Bertz CT molecular complexity index is 616. The molecule has 1 aliphatic rings. The Hall–Kier alpha value is -1.54. The van der Waals surface area contributed by atoms with E-state index in [1.165, 1.54) is 34.9 Å². The molecule has 0 bridgehead atoms. The van der Waals surface area contributed by atoms with Crippen molar-refractivity contribution in [2.24, 2.45) is 11.1 Å². The summed E-state index contributed by atoms with van der Waals surface area (Å²) in [5, 5.41) is 2.64. The van der Waals surface area contributed by atoms with Crippen molar-refractivity contribution in [1.29, 1.82) is 0 Å². The monoisotopic (exact) mass is 268 g/mol. The van der Waals surface area contributed by atoms with Gasteiger partial charge in [0.15, 0.2) is 0 Å². The fourth-order valence-electron chi connectivity index (χ4n) is 3.43. The number of anilines is 1. The van der Waals surface area contributed by atoms with Crippen molar-refractivity contribution in [2.75, 3.05) is 18.0 Å². The van der Waals surface area contributed by atoms with Gasteiger partial charge in [-0.3, -0.25) is 0 Å². The first-order valence-electron chi connectivity index (χ1n) is 7.56. The molecular formula is C18H24N2. The second-order valence-electron chi connectivity index (χ2n) is 6.68. The van der Waals surface area contributed by atoms with E-state index in [-0.39, 0.29) is 0 Å². The third kappa shape index (κ3) is 2.40. The molecule has 0 unspecified atom stereocenters. The molecule has 1 aliphatic heterocycles. The zero-order valence-electron chi connectivity index (χ0n) is 12.5. The van der Waals surface area contributed by atoms with Gasteiger partial charge >= 0.3 is 0 Å². The molecule has 20 heavy (non-hydrogen) atoms. The van der Waals surface area contributed by atoms with E-state index in [9.17, 15) is 0 Å². The van der Waals surface area contributed by atoms with E-state index in [1.807, 2.05) is 0 Å². The van der Waals surface area contributed by atoms with Crippen LogP contribution >= 0.6 is 0 Å². The highest BCUT2D eigenvalue weighted by Gasteiger charge is 2.27. The quantitative estimate of drug-likeness (QED) is 0.894. The maximum absolute atomic E-state index is 5.87. The molecule has 2 aromatic carbocycles. The van der Waals surface area contributed by atoms with Crippen LogP contribution in [0.25, 0.3) is 10.8 Å². The van der Waals surface area contributed by atoms with Gasteiger partial charge in [0.1, 0.15) is 0 Å². The van der Waals surface area contributed by atoms with E-state index in [0.29, 0.717) is 12.0 Å². The molecule has 0 saturated carbocycles. The highest BCUT2D eigenvalue weighted by atomic mass is 15.1. The summed E-state index contributed by atoms with van der Waals surface area (Å²) in [5.74, 6) is 0. The third-order valence-corrected chi connectivity index (χ3v) is 4.45. The summed E-state index contributed by atoms with van der Waals surface area (Å²) in [7, 11) is 0. The number of piperidine rings is 1. The first-order chi connectivity index (χ1) is 9.61. The lowest BCUT2D eigenvalue weighted by molar-refractivity contribution is 0.293. The lowest BCUT2D eigenvalue weighted by atomic mass is 9.83. The van der Waals surface area contributed by atoms with Crippen molar-refractivity contribution in [2.45, 2.75) is 33.2 Å². The van der Waals surface area contributed by atoms with Gasteiger partial charge in [0, 0.05) is 30.7 Å². The van der Waals surface area contributed by atoms with Gasteiger partial charge in [-0.15, -0.1) is 0 Å². The lowest BCUT2D eigenvalue weighted by Gasteiger charge is -2.40. The molecule has 2 N–H and O–H groups in total. The molecule has 1 heterocycles. The van der Waals surface area contributed by atoms with Crippen LogP contribution in [0.1, 0.15) is 32.3 Å². The van der Waals surface area contributed by atoms with E-state index in [0.717, 1.165) is 13.1 Å². The van der Waals surface area contributed by atoms with Gasteiger partial charge in [-0.2, -0.15) is 0 Å². The minimum absolute atomic E-state index is 0.409. The number of benzene rings is 2. The number of fused-ring (bicyclic) bond motifs is 1. The molecule has 0 aliphatic carbocycles. The molecule has 0 radical (unpaired) electrons. The Morgan fingerprint density at radius 1 is 1.10 bits per heavy atom. The van der Waals surface area contributed by atoms with Gasteiger partial charge in [-0.05, 0) is 35.3 Å². The third-order valence-electron chi connectivity index (χ3n) is 4.45. The smallest absolute Gasteiger partial charge is 0.0446 e. The summed E-state index contributed by atoms with van der Waals surface area (Å²) in [4.78, 5) is 2.55. The Kier molecular flexibility index (Phi) is 3.43. The second kappa shape index (κ2) is 5.10. The molecule has 0 aromatic heterocycles. The maximum atomic E-state index is 5.87. The Morgan fingerprint density at radius 2 is 1.85 bits per heavy atom. The van der Waals surface area contributed by atoms with Crippen molar-refractivity contribution in [3.63, 3.8) is 0 Å². The van der Waals surface area contributed by atoms with Crippen LogP contribution in [-0.2, 0) is 6.54 Å². The van der Waals surface area contributed by atoms with Crippen LogP contribution in [0.15, 0.2) is 36.4 Å². The van der Waals surface area contributed by atoms with Crippen LogP contribution in [0.5, 0.6) is 0 Å². The van der Waals surface area contributed by atoms with Crippen LogP contribution in [-0.4, -0.2) is 13.1 Å². The highest BCUT2D eigenvalue weighted by molar-refractivity contribution is 5.96. The summed E-state index contributed by atoms with van der Waals surface area (Å²) in [6.07, 6.45) is 2.60. The first kappa shape index (κ1) is 13.4. The number of nitrogens with zero attached hydrogens (tertiary/aromatic N) is 1. The van der Waals surface area contributed by atoms with Crippen LogP contribution < -0.4 is 10.6 Å². The minimum Gasteiger partial charge on any atom is -0.370 e. The van der Waals surface area contributed by atoms with Gasteiger partial charge in [0.2, 0.25) is 0 Å². The Labute approximate surface area is 121 Å². The van der Waals surface area contributed by atoms with Crippen LogP contribution in [0.3, 0.4) is 0 Å². The number of rotatable bonds is 2. The standard InChI is InChI=1S/C18H24N2/c1-18(2)10-5-11-20(13-18)17-9-8-14(12-19)15-6-3-4-7-16(15)17/h3-4,6-9H,5,10-13,19H2,1-2H3. The van der Waals surface area contributed by atoms with E-state index in [2.05, 4.69) is 55.1 Å². The molecule has 0 spiro atoms. The van der Waals surface area contributed by atoms with Gasteiger partial charge < -0.3 is 10.6 Å². The zero-order valence-corrected chi connectivity index (χ0v) is 12.5. The van der Waals surface area contributed by atoms with Crippen LogP contribution in [0, 0.1) is 5.41 Å². The summed E-state index contributed by atoms with van der Waals surface area (Å²) in [6.45, 7) is 7.64. The van der Waals surface area contributed by atoms with Crippen molar-refractivity contribution in [3.8, 4) is 0 Å². The van der Waals surface area contributed by atoms with Gasteiger partial charge in [0.05, 0.1) is 0 Å². The fraction of sp³-hybridized carbons (Fsp3) is 0.444. The summed E-state index contributed by atoms with van der Waals surface area (Å²) >= 11 is 0. The predicted molar refractivity (Wildman–Crippen MR) is 87.1 cm³/mol. The SMILES string of the molecule is CC1(C)CCCN(c2ccc(CN)c3ccccc23)C1. The molecule has 2 heteroatoms. The fourth-order valence-corrected chi connectivity index (χ4v) is 3.43. The van der Waals surface area contributed by atoms with E-state index in [1.54, 1.807) is 0 Å². The van der Waals surface area contributed by atoms with Crippen molar-refractivity contribution in [3.05, 3.63) is 42.0 Å². The first-order valence-corrected chi connectivity index (χ1v) is 7.56. The average Bonchev–Trinajstić information content (AvgIpc) is 2.45. The van der Waals surface area contributed by atoms with Gasteiger partial charge in [-0.25, -0.2) is 0 Å². The number of hydrogen-bond acceptors (Lipinski definition) is 2. The largest absolute Gasteiger partial charge is 0.370 e. The molecule has 106 valence electrons. The summed E-state index contributed by atoms with van der Waals surface area (Å²) in [5.41, 5.74) is 8.89. The predicted octanol–water partition coefficient (Wildman–Crippen LogP) is 3.92. The van der Waals surface area contributed by atoms with Gasteiger partial charge in [-0.1, -0.05) is 44.2 Å². The zero-order chi connectivity index (χ0) is 14.2. The van der Waals surface area contributed by atoms with Crippen molar-refractivity contribution >= 4 is 16.5 Å². The summed E-state index contributed by atoms with van der Waals surface area (Å²) < 4.78 is 0. The summed E-state index contributed by atoms with van der Waals surface area (Å²) in [6, 6.07) is 13.1. The highest BCUT2D eigenvalue weighted by Crippen LogP contribution is 2.35. The topological polar surface area (TPSA) is 29.3 Å². The molecule has 0 atom stereocenters. The van der Waals surface area contributed by atoms with E-state index in [4.69, 9.17) is 5.73 Å². The molecule has 0 amide bonds. The molecule has 2 nitrogen and oxygen atoms in total. The van der Waals surface area contributed by atoms with Crippen LogP contribution in [0.4, 0.5) is 5.69 Å².